The molecule has 0 spiro atoms. The topological polar surface area (TPSA) is 57.9 Å². The first kappa shape index (κ1) is 17.9. The van der Waals surface area contributed by atoms with E-state index in [0.29, 0.717) is 22.3 Å². The molecule has 0 aliphatic rings. The Morgan fingerprint density at radius 1 is 1.00 bits per heavy atom. The lowest BCUT2D eigenvalue weighted by Crippen LogP contribution is -2.04. The number of hydrogen-bond acceptors (Lipinski definition) is 5. The van der Waals surface area contributed by atoms with E-state index in [0.717, 1.165) is 5.56 Å². The molecule has 0 radical (unpaired) electrons. The van der Waals surface area contributed by atoms with Gasteiger partial charge < -0.3 is 18.6 Å². The number of furan rings is 1. The molecule has 0 aliphatic carbocycles. The van der Waals surface area contributed by atoms with Crippen LogP contribution in [0.4, 0.5) is 0 Å². The second kappa shape index (κ2) is 8.45. The van der Waals surface area contributed by atoms with Crippen molar-refractivity contribution in [3.05, 3.63) is 82.8 Å². The van der Waals surface area contributed by atoms with Crippen molar-refractivity contribution in [1.82, 2.24) is 0 Å². The van der Waals surface area contributed by atoms with Crippen LogP contribution in [0.3, 0.4) is 0 Å². The van der Waals surface area contributed by atoms with Gasteiger partial charge in [-0.05, 0) is 54.1 Å². The summed E-state index contributed by atoms with van der Waals surface area (Å²) in [5.41, 5.74) is 0.829. The zero-order valence-electron chi connectivity index (χ0n) is 14.1. The zero-order valence-corrected chi connectivity index (χ0v) is 14.9. The van der Waals surface area contributed by atoms with Gasteiger partial charge in [0.15, 0.2) is 0 Å². The number of hydrogen-bond donors (Lipinski definition) is 0. The molecule has 0 saturated carbocycles. The van der Waals surface area contributed by atoms with Gasteiger partial charge in [-0.1, -0.05) is 23.7 Å². The standard InChI is InChI=1S/C20H17ClO5/c1-23-17-4-2-3-14(11-17)12-25-20(22)19-10-9-18(26-19)13-24-16-7-5-15(21)6-8-16/h2-11H,12-13H2,1H3. The smallest absolute Gasteiger partial charge is 0.374 e. The summed E-state index contributed by atoms with van der Waals surface area (Å²) in [4.78, 5) is 12.1. The molecule has 0 saturated heterocycles. The minimum Gasteiger partial charge on any atom is -0.497 e. The Labute approximate surface area is 156 Å². The van der Waals surface area contributed by atoms with E-state index in [4.69, 9.17) is 30.2 Å². The molecule has 0 N–H and O–H groups in total. The summed E-state index contributed by atoms with van der Waals surface area (Å²) in [7, 11) is 1.58. The third-order valence-corrected chi connectivity index (χ3v) is 3.81. The molecule has 0 fully saturated rings. The number of benzene rings is 2. The lowest BCUT2D eigenvalue weighted by atomic mass is 10.2. The highest BCUT2D eigenvalue weighted by atomic mass is 35.5. The molecule has 1 heterocycles. The van der Waals surface area contributed by atoms with Crippen LogP contribution in [0, 0.1) is 0 Å². The summed E-state index contributed by atoms with van der Waals surface area (Å²) in [5, 5.41) is 0.636. The Hall–Kier alpha value is -2.92. The number of methoxy groups -OCH3 is 1. The molecule has 26 heavy (non-hydrogen) atoms. The Bertz CT molecular complexity index is 870. The van der Waals surface area contributed by atoms with E-state index in [1.807, 2.05) is 18.2 Å². The largest absolute Gasteiger partial charge is 0.497 e. The third kappa shape index (κ3) is 4.80. The van der Waals surface area contributed by atoms with Crippen LogP contribution in [0.1, 0.15) is 21.9 Å². The third-order valence-electron chi connectivity index (χ3n) is 3.56. The second-order valence-electron chi connectivity index (χ2n) is 5.44. The molecule has 134 valence electrons. The highest BCUT2D eigenvalue weighted by molar-refractivity contribution is 6.30. The SMILES string of the molecule is COc1cccc(COC(=O)c2ccc(COc3ccc(Cl)cc3)o2)c1. The molecule has 0 aliphatic heterocycles. The number of ether oxygens (including phenoxy) is 3. The van der Waals surface area contributed by atoms with Gasteiger partial charge in [0, 0.05) is 5.02 Å². The molecule has 3 aromatic rings. The maximum atomic E-state index is 12.1. The first-order valence-electron chi connectivity index (χ1n) is 7.91. The van der Waals surface area contributed by atoms with Crippen LogP contribution in [0.2, 0.25) is 5.02 Å². The van der Waals surface area contributed by atoms with Gasteiger partial charge in [0.25, 0.3) is 0 Å². The van der Waals surface area contributed by atoms with E-state index in [2.05, 4.69) is 0 Å². The van der Waals surface area contributed by atoms with E-state index in [9.17, 15) is 4.79 Å². The van der Waals surface area contributed by atoms with Crippen molar-refractivity contribution in [3.8, 4) is 11.5 Å². The van der Waals surface area contributed by atoms with Crippen molar-refractivity contribution >= 4 is 17.6 Å². The van der Waals surface area contributed by atoms with Crippen LogP contribution in [-0.4, -0.2) is 13.1 Å². The molecule has 5 nitrogen and oxygen atoms in total. The van der Waals surface area contributed by atoms with Crippen molar-refractivity contribution in [3.63, 3.8) is 0 Å². The molecule has 6 heteroatoms. The fourth-order valence-electron chi connectivity index (χ4n) is 2.23. The Morgan fingerprint density at radius 2 is 1.81 bits per heavy atom. The Kier molecular flexibility index (Phi) is 5.81. The van der Waals surface area contributed by atoms with Crippen molar-refractivity contribution in [2.24, 2.45) is 0 Å². The molecular formula is C20H17ClO5. The number of rotatable bonds is 7. The quantitative estimate of drug-likeness (QED) is 0.553. The summed E-state index contributed by atoms with van der Waals surface area (Å²) in [6.07, 6.45) is 0. The van der Waals surface area contributed by atoms with Crippen molar-refractivity contribution in [1.29, 1.82) is 0 Å². The Morgan fingerprint density at radius 3 is 2.58 bits per heavy atom. The van der Waals surface area contributed by atoms with E-state index < -0.39 is 5.97 Å². The number of carbonyl (C=O) groups is 1. The van der Waals surface area contributed by atoms with Gasteiger partial charge in [0.1, 0.15) is 30.5 Å². The average molecular weight is 373 g/mol. The monoisotopic (exact) mass is 372 g/mol. The fourth-order valence-corrected chi connectivity index (χ4v) is 2.36. The predicted octanol–water partition coefficient (Wildman–Crippen LogP) is 4.88. The summed E-state index contributed by atoms with van der Waals surface area (Å²) in [6, 6.07) is 17.5. The van der Waals surface area contributed by atoms with Crippen LogP contribution >= 0.6 is 11.6 Å². The molecule has 2 aromatic carbocycles. The lowest BCUT2D eigenvalue weighted by molar-refractivity contribution is 0.0432. The summed E-state index contributed by atoms with van der Waals surface area (Å²) < 4.78 is 21.4. The Balaban J connectivity index is 1.53. The van der Waals surface area contributed by atoms with Crippen molar-refractivity contribution < 1.29 is 23.4 Å². The van der Waals surface area contributed by atoms with Gasteiger partial charge in [0.05, 0.1) is 7.11 Å². The number of halogens is 1. The first-order valence-corrected chi connectivity index (χ1v) is 8.29. The van der Waals surface area contributed by atoms with Gasteiger partial charge in [-0.25, -0.2) is 4.79 Å². The normalized spacial score (nSPS) is 10.4. The van der Waals surface area contributed by atoms with Gasteiger partial charge in [-0.2, -0.15) is 0 Å². The van der Waals surface area contributed by atoms with Gasteiger partial charge in [-0.15, -0.1) is 0 Å². The highest BCUT2D eigenvalue weighted by Crippen LogP contribution is 2.18. The summed E-state index contributed by atoms with van der Waals surface area (Å²) in [6.45, 7) is 0.331. The molecule has 3 rings (SSSR count). The lowest BCUT2D eigenvalue weighted by Gasteiger charge is -2.05. The average Bonchev–Trinajstić information content (AvgIpc) is 3.15. The number of esters is 1. The minimum absolute atomic E-state index is 0.127. The van der Waals surface area contributed by atoms with E-state index in [1.54, 1.807) is 49.6 Å². The fraction of sp³-hybridized carbons (Fsp3) is 0.150. The molecule has 0 unspecified atom stereocenters. The van der Waals surface area contributed by atoms with Crippen LogP contribution < -0.4 is 9.47 Å². The second-order valence-corrected chi connectivity index (χ2v) is 5.87. The zero-order chi connectivity index (χ0) is 18.4. The maximum Gasteiger partial charge on any atom is 0.374 e. The van der Waals surface area contributed by atoms with Crippen LogP contribution in [0.5, 0.6) is 11.5 Å². The van der Waals surface area contributed by atoms with Crippen LogP contribution in [0.25, 0.3) is 0 Å². The molecule has 1 aromatic heterocycles. The van der Waals surface area contributed by atoms with E-state index in [-0.39, 0.29) is 19.0 Å². The number of carbonyl (C=O) groups excluding carboxylic acids is 1. The minimum atomic E-state index is -0.537. The highest BCUT2D eigenvalue weighted by Gasteiger charge is 2.13. The molecule has 0 atom stereocenters. The maximum absolute atomic E-state index is 12.1. The van der Waals surface area contributed by atoms with Gasteiger partial charge in [0.2, 0.25) is 5.76 Å². The van der Waals surface area contributed by atoms with Gasteiger partial charge >= 0.3 is 5.97 Å². The molecule has 0 amide bonds. The summed E-state index contributed by atoms with van der Waals surface area (Å²) >= 11 is 5.83. The molecule has 0 bridgehead atoms. The molecular weight excluding hydrogens is 356 g/mol. The van der Waals surface area contributed by atoms with E-state index in [1.165, 1.54) is 0 Å². The van der Waals surface area contributed by atoms with Crippen LogP contribution in [0.15, 0.2) is 65.1 Å². The predicted molar refractivity (Wildman–Crippen MR) is 96.6 cm³/mol. The van der Waals surface area contributed by atoms with Crippen molar-refractivity contribution in [2.75, 3.05) is 7.11 Å². The summed E-state index contributed by atoms with van der Waals surface area (Å²) in [5.74, 6) is 1.48. The van der Waals surface area contributed by atoms with Crippen molar-refractivity contribution in [2.45, 2.75) is 13.2 Å². The van der Waals surface area contributed by atoms with Crippen LogP contribution in [-0.2, 0) is 18.0 Å². The van der Waals surface area contributed by atoms with Gasteiger partial charge in [-0.3, -0.25) is 0 Å². The first-order chi connectivity index (χ1) is 12.6. The van der Waals surface area contributed by atoms with E-state index >= 15 is 0 Å².